The fourth-order valence-electron chi connectivity index (χ4n) is 1.54. The highest BCUT2D eigenvalue weighted by atomic mass is 16.7. The highest BCUT2D eigenvalue weighted by molar-refractivity contribution is 5.85. The summed E-state index contributed by atoms with van der Waals surface area (Å²) in [5.74, 6) is -0.862. The van der Waals surface area contributed by atoms with Crippen molar-refractivity contribution >= 4 is 5.97 Å². The maximum Gasteiger partial charge on any atom is 0.330 e. The average Bonchev–Trinajstić information content (AvgIpc) is 2.27. The van der Waals surface area contributed by atoms with Gasteiger partial charge in [0.15, 0.2) is 0 Å². The molecule has 0 aliphatic carbocycles. The van der Waals surface area contributed by atoms with Gasteiger partial charge in [-0.1, -0.05) is 13.0 Å². The van der Waals surface area contributed by atoms with Gasteiger partial charge in [-0.3, -0.25) is 0 Å². The maximum absolute atomic E-state index is 10.6. The summed E-state index contributed by atoms with van der Waals surface area (Å²) in [4.78, 5) is 10.6. The summed E-state index contributed by atoms with van der Waals surface area (Å²) in [5, 5.41) is 8.74. The minimum absolute atomic E-state index is 0.0467. The van der Waals surface area contributed by atoms with Gasteiger partial charge in [-0.25, -0.2) is 4.79 Å². The summed E-state index contributed by atoms with van der Waals surface area (Å²) in [6.07, 6.45) is 3.38. The van der Waals surface area contributed by atoms with Crippen molar-refractivity contribution in [2.45, 2.75) is 26.7 Å². The van der Waals surface area contributed by atoms with Crippen LogP contribution in [0, 0.1) is 5.41 Å². The van der Waals surface area contributed by atoms with Crippen molar-refractivity contribution in [2.24, 2.45) is 5.41 Å². The van der Waals surface area contributed by atoms with Crippen LogP contribution in [0.15, 0.2) is 11.6 Å². The van der Waals surface area contributed by atoms with Crippen LogP contribution in [0.5, 0.6) is 0 Å². The number of carboxylic acid groups (broad SMARTS) is 1. The Morgan fingerprint density at radius 3 is 2.53 bits per heavy atom. The predicted octanol–water partition coefficient (Wildman–Crippen LogP) is 1.81. The topological polar surface area (TPSA) is 55.8 Å². The molecule has 0 aromatic rings. The first-order valence-corrected chi connectivity index (χ1v) is 5.15. The van der Waals surface area contributed by atoms with Gasteiger partial charge in [-0.2, -0.15) is 0 Å². The van der Waals surface area contributed by atoms with Crippen LogP contribution in [0.4, 0.5) is 0 Å². The standard InChI is InChI=1S/C11H18O4/c1-3-11(6-14-8-15-7-11)5-4-9(2)10(12)13/h4H,3,5-8H2,1-2H3,(H,12,13). The fourth-order valence-corrected chi connectivity index (χ4v) is 1.54. The SMILES string of the molecule is CCC1(CC=C(C)C(=O)O)COCOC1. The summed E-state index contributed by atoms with van der Waals surface area (Å²) in [6, 6.07) is 0. The van der Waals surface area contributed by atoms with E-state index in [1.165, 1.54) is 0 Å². The second kappa shape index (κ2) is 5.28. The van der Waals surface area contributed by atoms with Gasteiger partial charge in [0.2, 0.25) is 0 Å². The van der Waals surface area contributed by atoms with Gasteiger partial charge in [0.1, 0.15) is 6.79 Å². The molecule has 1 N–H and O–H groups in total. The predicted molar refractivity (Wildman–Crippen MR) is 55.5 cm³/mol. The fraction of sp³-hybridized carbons (Fsp3) is 0.727. The molecular formula is C11H18O4. The molecular weight excluding hydrogens is 196 g/mol. The monoisotopic (exact) mass is 214 g/mol. The number of ether oxygens (including phenoxy) is 2. The number of hydrogen-bond acceptors (Lipinski definition) is 3. The number of allylic oxidation sites excluding steroid dienone is 1. The minimum Gasteiger partial charge on any atom is -0.478 e. The molecule has 0 atom stereocenters. The molecule has 0 radical (unpaired) electrons. The smallest absolute Gasteiger partial charge is 0.330 e. The lowest BCUT2D eigenvalue weighted by molar-refractivity contribution is -0.164. The number of hydrogen-bond donors (Lipinski definition) is 1. The van der Waals surface area contributed by atoms with E-state index in [1.807, 2.05) is 0 Å². The van der Waals surface area contributed by atoms with Crippen molar-refractivity contribution in [2.75, 3.05) is 20.0 Å². The molecule has 0 saturated carbocycles. The molecule has 0 spiro atoms. The van der Waals surface area contributed by atoms with Gasteiger partial charge >= 0.3 is 5.97 Å². The summed E-state index contributed by atoms with van der Waals surface area (Å²) >= 11 is 0. The molecule has 1 aliphatic heterocycles. The van der Waals surface area contributed by atoms with Crippen LogP contribution >= 0.6 is 0 Å². The van der Waals surface area contributed by atoms with Crippen molar-refractivity contribution in [1.82, 2.24) is 0 Å². The van der Waals surface area contributed by atoms with Crippen LogP contribution in [-0.4, -0.2) is 31.1 Å². The molecule has 4 nitrogen and oxygen atoms in total. The van der Waals surface area contributed by atoms with E-state index in [0.717, 1.165) is 6.42 Å². The van der Waals surface area contributed by atoms with Crippen molar-refractivity contribution in [3.05, 3.63) is 11.6 Å². The third-order valence-electron chi connectivity index (χ3n) is 2.91. The second-order valence-electron chi connectivity index (χ2n) is 4.06. The molecule has 0 bridgehead atoms. The van der Waals surface area contributed by atoms with Gasteiger partial charge in [0.25, 0.3) is 0 Å². The van der Waals surface area contributed by atoms with E-state index < -0.39 is 5.97 Å². The van der Waals surface area contributed by atoms with Crippen molar-refractivity contribution < 1.29 is 19.4 Å². The van der Waals surface area contributed by atoms with E-state index in [4.69, 9.17) is 14.6 Å². The molecule has 0 aromatic carbocycles. The Balaban J connectivity index is 2.59. The van der Waals surface area contributed by atoms with E-state index >= 15 is 0 Å². The first kappa shape index (κ1) is 12.2. The van der Waals surface area contributed by atoms with E-state index in [-0.39, 0.29) is 5.41 Å². The van der Waals surface area contributed by atoms with Crippen molar-refractivity contribution in [1.29, 1.82) is 0 Å². The van der Waals surface area contributed by atoms with Gasteiger partial charge in [-0.05, 0) is 19.8 Å². The number of rotatable bonds is 4. The largest absolute Gasteiger partial charge is 0.478 e. The van der Waals surface area contributed by atoms with Gasteiger partial charge in [0.05, 0.1) is 13.2 Å². The summed E-state index contributed by atoms with van der Waals surface area (Å²) < 4.78 is 10.5. The molecule has 1 heterocycles. The van der Waals surface area contributed by atoms with Crippen LogP contribution in [0.25, 0.3) is 0 Å². The van der Waals surface area contributed by atoms with Crippen LogP contribution in [0.3, 0.4) is 0 Å². The summed E-state index contributed by atoms with van der Waals surface area (Å²) in [7, 11) is 0. The van der Waals surface area contributed by atoms with Gasteiger partial charge in [0, 0.05) is 11.0 Å². The molecule has 0 amide bonds. The zero-order valence-electron chi connectivity index (χ0n) is 9.28. The highest BCUT2D eigenvalue weighted by Crippen LogP contribution is 2.31. The van der Waals surface area contributed by atoms with E-state index in [9.17, 15) is 4.79 Å². The molecule has 1 saturated heterocycles. The maximum atomic E-state index is 10.6. The lowest BCUT2D eigenvalue weighted by Crippen LogP contribution is -2.36. The van der Waals surface area contributed by atoms with E-state index in [2.05, 4.69) is 6.92 Å². The van der Waals surface area contributed by atoms with Crippen LogP contribution in [0.1, 0.15) is 26.7 Å². The first-order chi connectivity index (χ1) is 7.09. The highest BCUT2D eigenvalue weighted by Gasteiger charge is 2.31. The Labute approximate surface area is 89.9 Å². The van der Waals surface area contributed by atoms with E-state index in [1.54, 1.807) is 13.0 Å². The Morgan fingerprint density at radius 1 is 1.47 bits per heavy atom. The average molecular weight is 214 g/mol. The number of carboxylic acids is 1. The normalized spacial score (nSPS) is 21.3. The number of carbonyl (C=O) groups is 1. The second-order valence-corrected chi connectivity index (χ2v) is 4.06. The number of aliphatic carboxylic acids is 1. The Morgan fingerprint density at radius 2 is 2.07 bits per heavy atom. The zero-order chi connectivity index (χ0) is 11.3. The molecule has 86 valence electrons. The van der Waals surface area contributed by atoms with E-state index in [0.29, 0.717) is 32.0 Å². The van der Waals surface area contributed by atoms with Crippen LogP contribution in [0.2, 0.25) is 0 Å². The molecule has 1 fully saturated rings. The molecule has 1 rings (SSSR count). The lowest BCUT2D eigenvalue weighted by atomic mass is 9.82. The molecule has 1 aliphatic rings. The quantitative estimate of drug-likeness (QED) is 0.725. The minimum atomic E-state index is -0.862. The van der Waals surface area contributed by atoms with Gasteiger partial charge < -0.3 is 14.6 Å². The summed E-state index contributed by atoms with van der Waals surface area (Å²) in [6.45, 7) is 5.32. The lowest BCUT2D eigenvalue weighted by Gasteiger charge is -2.35. The third kappa shape index (κ3) is 3.32. The Kier molecular flexibility index (Phi) is 4.29. The Hall–Kier alpha value is -0.870. The third-order valence-corrected chi connectivity index (χ3v) is 2.91. The molecule has 4 heteroatoms. The van der Waals surface area contributed by atoms with Crippen molar-refractivity contribution in [3.8, 4) is 0 Å². The molecule has 15 heavy (non-hydrogen) atoms. The first-order valence-electron chi connectivity index (χ1n) is 5.15. The molecule has 0 aromatic heterocycles. The molecule has 0 unspecified atom stereocenters. The zero-order valence-corrected chi connectivity index (χ0v) is 9.28. The van der Waals surface area contributed by atoms with Crippen LogP contribution < -0.4 is 0 Å². The summed E-state index contributed by atoms with van der Waals surface area (Å²) in [5.41, 5.74) is 0.336. The van der Waals surface area contributed by atoms with Crippen molar-refractivity contribution in [3.63, 3.8) is 0 Å². The van der Waals surface area contributed by atoms with Gasteiger partial charge in [-0.15, -0.1) is 0 Å². The van der Waals surface area contributed by atoms with Crippen LogP contribution in [-0.2, 0) is 14.3 Å². The Bertz CT molecular complexity index is 251.